The number of carbonyl (C=O) groups excluding carboxylic acids is 1. The SMILES string of the molecule is O=C(COc1cccc(Cl)c1)N/N=C/c1cccs1. The third-order valence-corrected chi connectivity index (χ3v) is 3.13. The van der Waals surface area contributed by atoms with Crippen molar-refractivity contribution in [2.45, 2.75) is 0 Å². The highest BCUT2D eigenvalue weighted by Gasteiger charge is 2.01. The molecular formula is C13H11ClN2O2S. The molecule has 1 amide bonds. The number of amides is 1. The summed E-state index contributed by atoms with van der Waals surface area (Å²) >= 11 is 7.34. The van der Waals surface area contributed by atoms with E-state index in [2.05, 4.69) is 10.5 Å². The van der Waals surface area contributed by atoms with Gasteiger partial charge in [-0.2, -0.15) is 5.10 Å². The van der Waals surface area contributed by atoms with Crippen LogP contribution in [0, 0.1) is 0 Å². The minimum absolute atomic E-state index is 0.109. The van der Waals surface area contributed by atoms with Crippen molar-refractivity contribution in [2.75, 3.05) is 6.61 Å². The monoisotopic (exact) mass is 294 g/mol. The van der Waals surface area contributed by atoms with Crippen LogP contribution in [0.2, 0.25) is 5.02 Å². The average molecular weight is 295 g/mol. The Kier molecular flexibility index (Phi) is 4.94. The normalized spacial score (nSPS) is 10.6. The number of nitrogens with one attached hydrogen (secondary N) is 1. The lowest BCUT2D eigenvalue weighted by molar-refractivity contribution is -0.123. The third-order valence-electron chi connectivity index (χ3n) is 2.09. The van der Waals surface area contributed by atoms with Crippen LogP contribution in [0.25, 0.3) is 0 Å². The fourth-order valence-electron chi connectivity index (χ4n) is 1.27. The largest absolute Gasteiger partial charge is 0.484 e. The lowest BCUT2D eigenvalue weighted by atomic mass is 10.3. The van der Waals surface area contributed by atoms with Gasteiger partial charge >= 0.3 is 0 Å². The van der Waals surface area contributed by atoms with Crippen LogP contribution < -0.4 is 10.2 Å². The molecule has 1 aromatic carbocycles. The summed E-state index contributed by atoms with van der Waals surface area (Å²) in [6.45, 7) is -0.109. The van der Waals surface area contributed by atoms with Gasteiger partial charge in [0.25, 0.3) is 5.91 Å². The summed E-state index contributed by atoms with van der Waals surface area (Å²) in [4.78, 5) is 12.4. The summed E-state index contributed by atoms with van der Waals surface area (Å²) < 4.78 is 5.27. The molecular weight excluding hydrogens is 284 g/mol. The van der Waals surface area contributed by atoms with Crippen LogP contribution >= 0.6 is 22.9 Å². The topological polar surface area (TPSA) is 50.7 Å². The Balaban J connectivity index is 1.76. The van der Waals surface area contributed by atoms with Crippen LogP contribution in [-0.2, 0) is 4.79 Å². The second-order valence-electron chi connectivity index (χ2n) is 3.55. The number of carbonyl (C=O) groups is 1. The highest BCUT2D eigenvalue weighted by Crippen LogP contribution is 2.16. The van der Waals surface area contributed by atoms with Crippen LogP contribution in [0.4, 0.5) is 0 Å². The first kappa shape index (κ1) is 13.6. The number of nitrogens with zero attached hydrogens (tertiary/aromatic N) is 1. The van der Waals surface area contributed by atoms with Gasteiger partial charge in [-0.15, -0.1) is 11.3 Å². The minimum atomic E-state index is -0.326. The van der Waals surface area contributed by atoms with Gasteiger partial charge in [-0.1, -0.05) is 23.7 Å². The molecule has 2 rings (SSSR count). The molecule has 0 fully saturated rings. The maximum atomic E-state index is 11.5. The zero-order valence-corrected chi connectivity index (χ0v) is 11.4. The second kappa shape index (κ2) is 6.92. The number of hydrogen-bond acceptors (Lipinski definition) is 4. The maximum Gasteiger partial charge on any atom is 0.277 e. The van der Waals surface area contributed by atoms with Gasteiger partial charge < -0.3 is 4.74 Å². The fraction of sp³-hybridized carbons (Fsp3) is 0.0769. The van der Waals surface area contributed by atoms with Crippen molar-refractivity contribution in [3.63, 3.8) is 0 Å². The predicted octanol–water partition coefficient (Wildman–Crippen LogP) is 2.93. The predicted molar refractivity (Wildman–Crippen MR) is 77.0 cm³/mol. The molecule has 0 unspecified atom stereocenters. The van der Waals surface area contributed by atoms with E-state index in [1.165, 1.54) is 11.3 Å². The molecule has 0 aliphatic heterocycles. The molecule has 0 spiro atoms. The van der Waals surface area contributed by atoms with Crippen LogP contribution in [0.5, 0.6) is 5.75 Å². The van der Waals surface area contributed by atoms with E-state index in [-0.39, 0.29) is 12.5 Å². The number of rotatable bonds is 5. The number of ether oxygens (including phenoxy) is 1. The number of hydrogen-bond donors (Lipinski definition) is 1. The van der Waals surface area contributed by atoms with Gasteiger partial charge in [0.1, 0.15) is 5.75 Å². The molecule has 1 aromatic heterocycles. The molecule has 0 radical (unpaired) electrons. The van der Waals surface area contributed by atoms with Crippen LogP contribution in [0.1, 0.15) is 4.88 Å². The molecule has 4 nitrogen and oxygen atoms in total. The Morgan fingerprint density at radius 3 is 3.05 bits per heavy atom. The van der Waals surface area contributed by atoms with Crippen LogP contribution in [0.15, 0.2) is 46.9 Å². The van der Waals surface area contributed by atoms with Crippen molar-refractivity contribution < 1.29 is 9.53 Å². The van der Waals surface area contributed by atoms with Gasteiger partial charge in [-0.05, 0) is 29.6 Å². The Morgan fingerprint density at radius 1 is 1.42 bits per heavy atom. The highest BCUT2D eigenvalue weighted by atomic mass is 35.5. The molecule has 0 saturated heterocycles. The molecule has 0 bridgehead atoms. The summed E-state index contributed by atoms with van der Waals surface area (Å²) in [5.74, 6) is 0.220. The number of hydrazone groups is 1. The van der Waals surface area contributed by atoms with Crippen LogP contribution in [-0.4, -0.2) is 18.7 Å². The summed E-state index contributed by atoms with van der Waals surface area (Å²) in [5.41, 5.74) is 2.38. The van der Waals surface area contributed by atoms with E-state index in [9.17, 15) is 4.79 Å². The molecule has 0 aliphatic rings. The van der Waals surface area contributed by atoms with Gasteiger partial charge in [0.15, 0.2) is 6.61 Å². The molecule has 6 heteroatoms. The summed E-state index contributed by atoms with van der Waals surface area (Å²) in [5, 5.41) is 6.32. The zero-order valence-electron chi connectivity index (χ0n) is 9.88. The molecule has 0 saturated carbocycles. The van der Waals surface area contributed by atoms with Gasteiger partial charge in [-0.25, -0.2) is 5.43 Å². The molecule has 98 valence electrons. The number of halogens is 1. The highest BCUT2D eigenvalue weighted by molar-refractivity contribution is 7.11. The first-order valence-corrected chi connectivity index (χ1v) is 6.73. The molecule has 2 aromatic rings. The Morgan fingerprint density at radius 2 is 2.32 bits per heavy atom. The quantitative estimate of drug-likeness (QED) is 0.681. The van der Waals surface area contributed by atoms with Gasteiger partial charge in [0.05, 0.1) is 6.21 Å². The summed E-state index contributed by atoms with van der Waals surface area (Å²) in [7, 11) is 0. The van der Waals surface area contributed by atoms with E-state index in [1.54, 1.807) is 30.5 Å². The zero-order chi connectivity index (χ0) is 13.5. The van der Waals surface area contributed by atoms with E-state index in [1.807, 2.05) is 17.5 Å². The molecule has 1 heterocycles. The Labute approximate surface area is 119 Å². The first-order valence-electron chi connectivity index (χ1n) is 5.48. The van der Waals surface area contributed by atoms with E-state index >= 15 is 0 Å². The summed E-state index contributed by atoms with van der Waals surface area (Å²) in [6, 6.07) is 10.7. The fourth-order valence-corrected chi connectivity index (χ4v) is 2.04. The van der Waals surface area contributed by atoms with Crippen LogP contribution in [0.3, 0.4) is 0 Å². The second-order valence-corrected chi connectivity index (χ2v) is 4.97. The molecule has 1 N–H and O–H groups in total. The van der Waals surface area contributed by atoms with Crippen molar-refractivity contribution in [3.05, 3.63) is 51.7 Å². The third kappa shape index (κ3) is 4.73. The minimum Gasteiger partial charge on any atom is -0.484 e. The molecule has 0 aliphatic carbocycles. The lowest BCUT2D eigenvalue weighted by Crippen LogP contribution is -2.24. The van der Waals surface area contributed by atoms with Crippen molar-refractivity contribution in [2.24, 2.45) is 5.10 Å². The van der Waals surface area contributed by atoms with Gasteiger partial charge in [0.2, 0.25) is 0 Å². The average Bonchev–Trinajstić information content (AvgIpc) is 2.90. The number of thiophene rings is 1. The van der Waals surface area contributed by atoms with Gasteiger partial charge in [0, 0.05) is 9.90 Å². The van der Waals surface area contributed by atoms with E-state index < -0.39 is 0 Å². The molecule has 19 heavy (non-hydrogen) atoms. The van der Waals surface area contributed by atoms with Crippen molar-refractivity contribution in [1.29, 1.82) is 0 Å². The first-order chi connectivity index (χ1) is 9.24. The lowest BCUT2D eigenvalue weighted by Gasteiger charge is -2.04. The van der Waals surface area contributed by atoms with E-state index in [0.29, 0.717) is 10.8 Å². The summed E-state index contributed by atoms with van der Waals surface area (Å²) in [6.07, 6.45) is 1.59. The van der Waals surface area contributed by atoms with E-state index in [4.69, 9.17) is 16.3 Å². The van der Waals surface area contributed by atoms with Gasteiger partial charge in [-0.3, -0.25) is 4.79 Å². The van der Waals surface area contributed by atoms with E-state index in [0.717, 1.165) is 4.88 Å². The van der Waals surface area contributed by atoms with Crippen molar-refractivity contribution in [1.82, 2.24) is 5.43 Å². The molecule has 0 atom stereocenters. The Hall–Kier alpha value is -1.85. The smallest absolute Gasteiger partial charge is 0.277 e. The number of benzene rings is 1. The van der Waals surface area contributed by atoms with Crippen molar-refractivity contribution in [3.8, 4) is 5.75 Å². The van der Waals surface area contributed by atoms with Crippen molar-refractivity contribution >= 4 is 35.1 Å². The Bertz CT molecular complexity index is 570. The standard InChI is InChI=1S/C13H11ClN2O2S/c14-10-3-1-4-11(7-10)18-9-13(17)16-15-8-12-5-2-6-19-12/h1-8H,9H2,(H,16,17)/b15-8+. The maximum absolute atomic E-state index is 11.5.